The van der Waals surface area contributed by atoms with Crippen LogP contribution in [0.1, 0.15) is 71.6 Å². The molecule has 6 nitrogen and oxygen atoms in total. The van der Waals surface area contributed by atoms with Crippen molar-refractivity contribution in [2.45, 2.75) is 77.7 Å². The molecule has 0 amide bonds. The van der Waals surface area contributed by atoms with E-state index >= 15 is 0 Å². The minimum absolute atomic E-state index is 0.0415. The molecule has 0 aliphatic heterocycles. The van der Waals surface area contributed by atoms with Crippen molar-refractivity contribution in [1.29, 1.82) is 0 Å². The quantitative estimate of drug-likeness (QED) is 0.278. The Kier molecular flexibility index (Phi) is 12.7. The predicted molar refractivity (Wildman–Crippen MR) is 110 cm³/mol. The maximum absolute atomic E-state index is 12.5. The van der Waals surface area contributed by atoms with E-state index in [9.17, 15) is 9.59 Å². The summed E-state index contributed by atoms with van der Waals surface area (Å²) in [6.07, 6.45) is 12.0. The van der Waals surface area contributed by atoms with Crippen LogP contribution in [0.4, 0.5) is 5.69 Å². The maximum atomic E-state index is 12.5. The van der Waals surface area contributed by atoms with Gasteiger partial charge in [-0.3, -0.25) is 4.79 Å². The molecule has 0 aliphatic rings. The standard InChI is InChI=1S/C22H37N2O4/c1-4-6-8-10-15-27-21(25)17-20(22(26)28-16-11-9-7-5-2)23-19-13-12-14-24(3)18-19/h12-14,18,20,23H,4-11,15-17H2,1-3H3/q+1. The van der Waals surface area contributed by atoms with Crippen LogP contribution >= 0.6 is 0 Å². The van der Waals surface area contributed by atoms with E-state index in [1.807, 2.05) is 36.1 Å². The zero-order valence-corrected chi connectivity index (χ0v) is 17.7. The largest absolute Gasteiger partial charge is 0.466 e. The van der Waals surface area contributed by atoms with Gasteiger partial charge in [0.25, 0.3) is 0 Å². The van der Waals surface area contributed by atoms with Gasteiger partial charge in [-0.2, -0.15) is 0 Å². The number of aryl methyl sites for hydroxylation is 1. The van der Waals surface area contributed by atoms with Gasteiger partial charge in [-0.1, -0.05) is 52.4 Å². The van der Waals surface area contributed by atoms with E-state index in [1.165, 1.54) is 0 Å². The highest BCUT2D eigenvalue weighted by atomic mass is 16.5. The molecule has 6 heteroatoms. The number of carbonyl (C=O) groups excluding carboxylic acids is 2. The number of hydrogen-bond acceptors (Lipinski definition) is 5. The van der Waals surface area contributed by atoms with Crippen molar-refractivity contribution >= 4 is 17.6 Å². The number of nitrogens with one attached hydrogen (secondary N) is 1. The third-order valence-electron chi connectivity index (χ3n) is 4.44. The fourth-order valence-electron chi connectivity index (χ4n) is 2.81. The first-order chi connectivity index (χ1) is 13.6. The van der Waals surface area contributed by atoms with Gasteiger partial charge in [0.15, 0.2) is 12.4 Å². The fourth-order valence-corrected chi connectivity index (χ4v) is 2.81. The van der Waals surface area contributed by atoms with Crippen LogP contribution in [0.25, 0.3) is 0 Å². The highest BCUT2D eigenvalue weighted by molar-refractivity contribution is 5.85. The van der Waals surface area contributed by atoms with Gasteiger partial charge in [-0.15, -0.1) is 0 Å². The summed E-state index contributed by atoms with van der Waals surface area (Å²) in [4.78, 5) is 24.7. The number of rotatable bonds is 15. The van der Waals surface area contributed by atoms with Crippen molar-refractivity contribution in [3.8, 4) is 0 Å². The lowest BCUT2D eigenvalue weighted by atomic mass is 10.2. The van der Waals surface area contributed by atoms with Gasteiger partial charge in [-0.25, -0.2) is 9.36 Å². The molecule has 0 bridgehead atoms. The maximum Gasteiger partial charge on any atom is 0.329 e. The lowest BCUT2D eigenvalue weighted by Gasteiger charge is -2.17. The molecule has 1 heterocycles. The predicted octanol–water partition coefficient (Wildman–Crippen LogP) is 3.93. The average molecular weight is 394 g/mol. The molecule has 0 aromatic carbocycles. The molecule has 0 fully saturated rings. The minimum atomic E-state index is -0.753. The van der Waals surface area contributed by atoms with Crippen LogP contribution in [-0.2, 0) is 26.1 Å². The van der Waals surface area contributed by atoms with Crippen LogP contribution in [0.5, 0.6) is 0 Å². The van der Waals surface area contributed by atoms with E-state index in [0.29, 0.717) is 13.2 Å². The summed E-state index contributed by atoms with van der Waals surface area (Å²) in [5.41, 5.74) is 0.758. The fraction of sp³-hybridized carbons (Fsp3) is 0.682. The molecule has 0 spiro atoms. The Morgan fingerprint density at radius 3 is 2.25 bits per heavy atom. The SMILES string of the molecule is CCCCCCOC(=O)CC(Nc1ccc[n+](C)c1)C(=O)OCCCCCC. The third-order valence-corrected chi connectivity index (χ3v) is 4.44. The van der Waals surface area contributed by atoms with Crippen LogP contribution in [0.2, 0.25) is 0 Å². The number of anilines is 1. The lowest BCUT2D eigenvalue weighted by molar-refractivity contribution is -0.670. The van der Waals surface area contributed by atoms with Gasteiger partial charge in [0, 0.05) is 6.07 Å². The van der Waals surface area contributed by atoms with Crippen molar-refractivity contribution in [3.05, 3.63) is 24.5 Å². The Balaban J connectivity index is 2.56. The van der Waals surface area contributed by atoms with Crippen molar-refractivity contribution in [2.24, 2.45) is 7.05 Å². The monoisotopic (exact) mass is 393 g/mol. The molecule has 1 aromatic heterocycles. The van der Waals surface area contributed by atoms with Crippen molar-refractivity contribution in [1.82, 2.24) is 0 Å². The first-order valence-electron chi connectivity index (χ1n) is 10.6. The molecule has 0 aliphatic carbocycles. The first kappa shape index (κ1) is 23.9. The highest BCUT2D eigenvalue weighted by Crippen LogP contribution is 2.10. The van der Waals surface area contributed by atoms with E-state index in [0.717, 1.165) is 57.1 Å². The second-order valence-electron chi connectivity index (χ2n) is 7.17. The normalized spacial score (nSPS) is 11.7. The van der Waals surface area contributed by atoms with Crippen molar-refractivity contribution < 1.29 is 23.6 Å². The number of hydrogen-bond donors (Lipinski definition) is 1. The number of nitrogens with zero attached hydrogens (tertiary/aromatic N) is 1. The highest BCUT2D eigenvalue weighted by Gasteiger charge is 2.25. The van der Waals surface area contributed by atoms with Crippen LogP contribution < -0.4 is 9.88 Å². The van der Waals surface area contributed by atoms with Gasteiger partial charge in [0.2, 0.25) is 0 Å². The Labute approximate surface area is 169 Å². The summed E-state index contributed by atoms with van der Waals surface area (Å²) in [5.74, 6) is -0.789. The lowest BCUT2D eigenvalue weighted by Crippen LogP contribution is -2.36. The number of esters is 2. The molecule has 0 radical (unpaired) electrons. The van der Waals surface area contributed by atoms with E-state index in [2.05, 4.69) is 19.2 Å². The molecule has 1 N–H and O–H groups in total. The molecule has 0 saturated heterocycles. The number of unbranched alkanes of at least 4 members (excludes halogenated alkanes) is 6. The summed E-state index contributed by atoms with van der Waals surface area (Å²) in [5, 5.41) is 3.12. The molecular weight excluding hydrogens is 356 g/mol. The number of pyridine rings is 1. The molecule has 28 heavy (non-hydrogen) atoms. The molecule has 1 rings (SSSR count). The topological polar surface area (TPSA) is 68.5 Å². The van der Waals surface area contributed by atoms with Gasteiger partial charge in [0.1, 0.15) is 13.1 Å². The van der Waals surface area contributed by atoms with Gasteiger partial charge in [-0.05, 0) is 18.9 Å². The summed E-state index contributed by atoms with van der Waals surface area (Å²) < 4.78 is 12.6. The number of ether oxygens (including phenoxy) is 2. The Morgan fingerprint density at radius 2 is 1.64 bits per heavy atom. The second kappa shape index (κ2) is 14.9. The van der Waals surface area contributed by atoms with Gasteiger partial charge < -0.3 is 14.8 Å². The second-order valence-corrected chi connectivity index (χ2v) is 7.17. The molecule has 0 saturated carbocycles. The molecule has 1 atom stereocenters. The molecular formula is C22H37N2O4+. The Hall–Kier alpha value is -2.11. The van der Waals surface area contributed by atoms with Gasteiger partial charge >= 0.3 is 11.9 Å². The molecule has 1 aromatic rings. The van der Waals surface area contributed by atoms with Crippen molar-refractivity contribution in [2.75, 3.05) is 18.5 Å². The number of aromatic nitrogens is 1. The summed E-state index contributed by atoms with van der Waals surface area (Å²) in [6, 6.07) is 2.98. The zero-order valence-electron chi connectivity index (χ0n) is 17.7. The van der Waals surface area contributed by atoms with E-state index in [4.69, 9.17) is 9.47 Å². The summed E-state index contributed by atoms with van der Waals surface area (Å²) in [7, 11) is 1.90. The molecule has 158 valence electrons. The minimum Gasteiger partial charge on any atom is -0.466 e. The van der Waals surface area contributed by atoms with Crippen molar-refractivity contribution in [3.63, 3.8) is 0 Å². The first-order valence-corrected chi connectivity index (χ1v) is 10.6. The van der Waals surface area contributed by atoms with Crippen LogP contribution in [0.15, 0.2) is 24.5 Å². The van der Waals surface area contributed by atoms with Gasteiger partial charge in [0.05, 0.1) is 25.3 Å². The van der Waals surface area contributed by atoms with E-state index in [-0.39, 0.29) is 12.4 Å². The smallest absolute Gasteiger partial charge is 0.329 e. The van der Waals surface area contributed by atoms with Crippen LogP contribution in [0, 0.1) is 0 Å². The van der Waals surface area contributed by atoms with Crippen LogP contribution in [0.3, 0.4) is 0 Å². The summed E-state index contributed by atoms with van der Waals surface area (Å²) >= 11 is 0. The Morgan fingerprint density at radius 1 is 1.00 bits per heavy atom. The van der Waals surface area contributed by atoms with E-state index < -0.39 is 12.0 Å². The third kappa shape index (κ3) is 10.9. The average Bonchev–Trinajstić information content (AvgIpc) is 2.67. The molecule has 1 unspecified atom stereocenters. The number of carbonyl (C=O) groups is 2. The Bertz CT molecular complexity index is 577. The zero-order chi connectivity index (χ0) is 20.6. The van der Waals surface area contributed by atoms with E-state index in [1.54, 1.807) is 0 Å². The summed E-state index contributed by atoms with van der Waals surface area (Å²) in [6.45, 7) is 5.06. The van der Waals surface area contributed by atoms with Crippen LogP contribution in [-0.4, -0.2) is 31.2 Å².